The van der Waals surface area contributed by atoms with Gasteiger partial charge in [-0.1, -0.05) is 12.1 Å². The first-order valence-corrected chi connectivity index (χ1v) is 11.5. The van der Waals surface area contributed by atoms with Gasteiger partial charge in [0.1, 0.15) is 29.2 Å². The number of aromatic nitrogens is 6. The van der Waals surface area contributed by atoms with Crippen molar-refractivity contribution in [1.29, 1.82) is 0 Å². The van der Waals surface area contributed by atoms with E-state index in [2.05, 4.69) is 30.4 Å². The number of fused-ring (bicyclic) bond motifs is 2. The van der Waals surface area contributed by atoms with Crippen molar-refractivity contribution in [2.75, 3.05) is 11.9 Å². The second-order valence-corrected chi connectivity index (χ2v) is 8.65. The number of carbonyl (C=O) groups excluding carboxylic acids is 2. The number of amides is 1. The molecule has 1 unspecified atom stereocenters. The second-order valence-electron chi connectivity index (χ2n) is 8.65. The average Bonchev–Trinajstić information content (AvgIpc) is 3.52. The molecule has 0 saturated carbocycles. The van der Waals surface area contributed by atoms with E-state index in [1.807, 2.05) is 19.1 Å². The molecule has 0 spiro atoms. The van der Waals surface area contributed by atoms with Crippen LogP contribution in [0.5, 0.6) is 5.75 Å². The third-order valence-electron chi connectivity index (χ3n) is 6.32. The highest BCUT2D eigenvalue weighted by atomic mass is 19.1. The zero-order valence-electron chi connectivity index (χ0n) is 19.6. The number of ketones is 1. The van der Waals surface area contributed by atoms with Crippen molar-refractivity contribution in [1.82, 2.24) is 29.7 Å². The SMILES string of the molecule is Cc1nn(-c2ncnc3nc[nH]c23)c2c1C(c1ccc(OCC(=O)c3ccc(F)cc3)cc1)CC(=O)N2. The van der Waals surface area contributed by atoms with Gasteiger partial charge in [-0.3, -0.25) is 9.59 Å². The molecule has 184 valence electrons. The van der Waals surface area contributed by atoms with Crippen LogP contribution >= 0.6 is 0 Å². The van der Waals surface area contributed by atoms with Gasteiger partial charge < -0.3 is 15.0 Å². The van der Waals surface area contributed by atoms with E-state index in [0.29, 0.717) is 34.1 Å². The van der Waals surface area contributed by atoms with Gasteiger partial charge in [-0.05, 0) is 48.9 Å². The highest BCUT2D eigenvalue weighted by Crippen LogP contribution is 2.40. The molecular weight excluding hydrogens is 477 g/mol. The molecule has 3 aromatic heterocycles. The van der Waals surface area contributed by atoms with E-state index in [4.69, 9.17) is 4.74 Å². The third-order valence-corrected chi connectivity index (χ3v) is 6.32. The molecule has 2 aromatic carbocycles. The highest BCUT2D eigenvalue weighted by molar-refractivity contribution is 5.97. The van der Waals surface area contributed by atoms with E-state index in [-0.39, 0.29) is 30.6 Å². The minimum Gasteiger partial charge on any atom is -0.485 e. The summed E-state index contributed by atoms with van der Waals surface area (Å²) >= 11 is 0. The van der Waals surface area contributed by atoms with Crippen LogP contribution in [0.1, 0.15) is 39.5 Å². The number of carbonyl (C=O) groups is 2. The molecule has 1 amide bonds. The molecule has 0 aliphatic carbocycles. The molecule has 2 N–H and O–H groups in total. The Kier molecular flexibility index (Phi) is 5.44. The molecule has 10 nitrogen and oxygen atoms in total. The Morgan fingerprint density at radius 2 is 1.89 bits per heavy atom. The maximum atomic E-state index is 13.1. The number of aryl methyl sites for hydroxylation is 1. The number of H-pyrrole nitrogens is 1. The fourth-order valence-corrected chi connectivity index (χ4v) is 4.56. The Labute approximate surface area is 209 Å². The largest absolute Gasteiger partial charge is 0.485 e. The van der Waals surface area contributed by atoms with E-state index in [1.165, 1.54) is 36.9 Å². The van der Waals surface area contributed by atoms with Crippen molar-refractivity contribution in [2.45, 2.75) is 19.3 Å². The van der Waals surface area contributed by atoms with Crippen LogP contribution in [-0.4, -0.2) is 48.0 Å². The Morgan fingerprint density at radius 3 is 2.68 bits per heavy atom. The maximum Gasteiger partial charge on any atom is 0.226 e. The summed E-state index contributed by atoms with van der Waals surface area (Å²) in [5.74, 6) is 0.526. The molecule has 37 heavy (non-hydrogen) atoms. The van der Waals surface area contributed by atoms with Crippen molar-refractivity contribution in [3.63, 3.8) is 0 Å². The van der Waals surface area contributed by atoms with Crippen LogP contribution in [0.2, 0.25) is 0 Å². The molecule has 0 saturated heterocycles. The molecule has 0 fully saturated rings. The predicted octanol–water partition coefficient (Wildman–Crippen LogP) is 3.72. The van der Waals surface area contributed by atoms with Gasteiger partial charge in [-0.15, -0.1) is 0 Å². The summed E-state index contributed by atoms with van der Waals surface area (Å²) in [5, 5.41) is 7.63. The topological polar surface area (TPSA) is 128 Å². The molecule has 0 bridgehead atoms. The summed E-state index contributed by atoms with van der Waals surface area (Å²) < 4.78 is 20.3. The quantitative estimate of drug-likeness (QED) is 0.342. The molecule has 6 rings (SSSR count). The fourth-order valence-electron chi connectivity index (χ4n) is 4.56. The first-order chi connectivity index (χ1) is 18.0. The standard InChI is InChI=1S/C26H20FN7O3/c1-14-22-19(15-4-8-18(9-5-15)37-11-20(35)16-2-6-17(27)7-3-16)10-21(36)32-25(22)34(33-14)26-23-24(29-12-28-23)30-13-31-26/h2-9,12-13,19H,10-11H2,1H3,(H,32,36)(H,28,29,30,31). The van der Waals surface area contributed by atoms with Gasteiger partial charge in [-0.25, -0.2) is 19.3 Å². The van der Waals surface area contributed by atoms with Crippen LogP contribution in [-0.2, 0) is 4.79 Å². The molecule has 1 atom stereocenters. The van der Waals surface area contributed by atoms with Gasteiger partial charge in [0.25, 0.3) is 0 Å². The fraction of sp³-hybridized carbons (Fsp3) is 0.154. The lowest BCUT2D eigenvalue weighted by atomic mass is 9.86. The molecule has 1 aliphatic rings. The number of rotatable bonds is 6. The van der Waals surface area contributed by atoms with E-state index in [9.17, 15) is 14.0 Å². The monoisotopic (exact) mass is 497 g/mol. The summed E-state index contributed by atoms with van der Waals surface area (Å²) in [6, 6.07) is 12.6. The summed E-state index contributed by atoms with van der Waals surface area (Å²) in [6.07, 6.45) is 3.19. The lowest BCUT2D eigenvalue weighted by Crippen LogP contribution is -2.25. The number of hydrogen-bond donors (Lipinski definition) is 2. The summed E-state index contributed by atoms with van der Waals surface area (Å²) in [5.41, 5.74) is 4.05. The molecule has 1 aliphatic heterocycles. The number of aromatic amines is 1. The van der Waals surface area contributed by atoms with Gasteiger partial charge in [0.15, 0.2) is 23.9 Å². The number of halogens is 1. The summed E-state index contributed by atoms with van der Waals surface area (Å²) in [7, 11) is 0. The van der Waals surface area contributed by atoms with E-state index in [1.54, 1.807) is 16.8 Å². The lowest BCUT2D eigenvalue weighted by molar-refractivity contribution is -0.116. The third kappa shape index (κ3) is 4.10. The van der Waals surface area contributed by atoms with E-state index >= 15 is 0 Å². The smallest absolute Gasteiger partial charge is 0.226 e. The number of ether oxygens (including phenoxy) is 1. The van der Waals surface area contributed by atoms with Gasteiger partial charge in [0.05, 0.1) is 12.0 Å². The Hall–Kier alpha value is -4.93. The Morgan fingerprint density at radius 1 is 1.11 bits per heavy atom. The van der Waals surface area contributed by atoms with Crippen LogP contribution < -0.4 is 10.1 Å². The van der Waals surface area contributed by atoms with Crippen LogP contribution in [0, 0.1) is 12.7 Å². The van der Waals surface area contributed by atoms with Crippen LogP contribution in [0.25, 0.3) is 17.0 Å². The maximum absolute atomic E-state index is 13.1. The Bertz CT molecular complexity index is 1640. The van der Waals surface area contributed by atoms with Gasteiger partial charge in [0.2, 0.25) is 5.91 Å². The number of hydrogen-bond acceptors (Lipinski definition) is 7. The molecule has 0 radical (unpaired) electrons. The zero-order chi connectivity index (χ0) is 25.5. The van der Waals surface area contributed by atoms with Gasteiger partial charge in [-0.2, -0.15) is 9.78 Å². The molecular formula is C26H20FN7O3. The number of nitrogens with zero attached hydrogens (tertiary/aromatic N) is 5. The zero-order valence-corrected chi connectivity index (χ0v) is 19.6. The first kappa shape index (κ1) is 22.5. The normalized spacial score (nSPS) is 14.9. The van der Waals surface area contributed by atoms with Crippen LogP contribution in [0.15, 0.2) is 61.2 Å². The second kappa shape index (κ2) is 8.94. The van der Waals surface area contributed by atoms with Crippen molar-refractivity contribution in [3.05, 3.63) is 89.4 Å². The van der Waals surface area contributed by atoms with Crippen molar-refractivity contribution >= 4 is 28.7 Å². The highest BCUT2D eigenvalue weighted by Gasteiger charge is 2.33. The first-order valence-electron chi connectivity index (χ1n) is 11.5. The number of Topliss-reactive ketones (excluding diaryl/α,β-unsaturated/α-hetero) is 1. The van der Waals surface area contributed by atoms with E-state index < -0.39 is 5.82 Å². The number of anilines is 1. The summed E-state index contributed by atoms with van der Waals surface area (Å²) in [4.78, 5) is 40.8. The molecule has 4 heterocycles. The predicted molar refractivity (Wildman–Crippen MR) is 131 cm³/mol. The van der Waals surface area contributed by atoms with Crippen LogP contribution in [0.4, 0.5) is 10.2 Å². The number of nitrogens with one attached hydrogen (secondary N) is 2. The van der Waals surface area contributed by atoms with Crippen molar-refractivity contribution in [2.24, 2.45) is 0 Å². The van der Waals surface area contributed by atoms with E-state index in [0.717, 1.165) is 16.8 Å². The lowest BCUT2D eigenvalue weighted by Gasteiger charge is -2.24. The van der Waals surface area contributed by atoms with Crippen LogP contribution in [0.3, 0.4) is 0 Å². The minimum absolute atomic E-state index is 0.140. The Balaban J connectivity index is 1.26. The number of imidazole rings is 1. The van der Waals surface area contributed by atoms with Gasteiger partial charge >= 0.3 is 0 Å². The van der Waals surface area contributed by atoms with Gasteiger partial charge in [0, 0.05) is 23.5 Å². The van der Waals surface area contributed by atoms with Crippen molar-refractivity contribution in [3.8, 4) is 11.6 Å². The molecule has 5 aromatic rings. The molecule has 11 heteroatoms. The summed E-state index contributed by atoms with van der Waals surface area (Å²) in [6.45, 7) is 1.72. The minimum atomic E-state index is -0.403. The van der Waals surface area contributed by atoms with Crippen molar-refractivity contribution < 1.29 is 18.7 Å². The average molecular weight is 497 g/mol. The number of benzene rings is 2.